The molecular weight excluding hydrogens is 296 g/mol. The predicted octanol–water partition coefficient (Wildman–Crippen LogP) is 4.42. The lowest BCUT2D eigenvalue weighted by atomic mass is 10.0. The van der Waals surface area contributed by atoms with Crippen LogP contribution in [-0.2, 0) is 0 Å². The first-order chi connectivity index (χ1) is 10.6. The topological polar surface area (TPSA) is 41.0 Å². The molecule has 1 aliphatic heterocycles. The van der Waals surface area contributed by atoms with Crippen molar-refractivity contribution in [3.63, 3.8) is 0 Å². The fourth-order valence-electron chi connectivity index (χ4n) is 2.80. The van der Waals surface area contributed by atoms with Gasteiger partial charge in [0.1, 0.15) is 18.0 Å². The molecule has 0 bridgehead atoms. The summed E-state index contributed by atoms with van der Waals surface area (Å²) in [6.45, 7) is 6.41. The van der Waals surface area contributed by atoms with Gasteiger partial charge in [-0.05, 0) is 43.4 Å². The van der Waals surface area contributed by atoms with E-state index in [0.717, 1.165) is 46.9 Å². The van der Waals surface area contributed by atoms with Crippen molar-refractivity contribution >= 4 is 28.9 Å². The maximum atomic E-state index is 6.17. The van der Waals surface area contributed by atoms with Crippen molar-refractivity contribution < 1.29 is 0 Å². The Kier molecular flexibility index (Phi) is 4.48. The summed E-state index contributed by atoms with van der Waals surface area (Å²) in [6.07, 6.45) is 4.14. The largest absolute Gasteiger partial charge is 0.356 e. The molecule has 0 saturated carbocycles. The van der Waals surface area contributed by atoms with E-state index < -0.39 is 0 Å². The maximum absolute atomic E-state index is 6.17. The second-order valence-corrected chi connectivity index (χ2v) is 6.45. The molecule has 1 atom stereocenters. The Hall–Kier alpha value is -1.81. The zero-order valence-corrected chi connectivity index (χ0v) is 13.8. The van der Waals surface area contributed by atoms with Crippen molar-refractivity contribution in [3.8, 4) is 0 Å². The van der Waals surface area contributed by atoms with Crippen LogP contribution in [0.15, 0.2) is 30.6 Å². The SMILES string of the molecule is Cc1ccc(Nc2cc(N3CCCC(C)C3)ncn2)cc1Cl. The van der Waals surface area contributed by atoms with Gasteiger partial charge in [-0.2, -0.15) is 0 Å². The third-order valence-electron chi connectivity index (χ3n) is 4.08. The van der Waals surface area contributed by atoms with Crippen molar-refractivity contribution in [3.05, 3.63) is 41.2 Å². The molecular formula is C17H21ClN4. The Labute approximate surface area is 136 Å². The Morgan fingerprint density at radius 3 is 2.91 bits per heavy atom. The molecule has 1 aliphatic rings. The molecule has 1 unspecified atom stereocenters. The number of benzene rings is 1. The Bertz CT molecular complexity index is 659. The van der Waals surface area contributed by atoms with E-state index in [1.165, 1.54) is 12.8 Å². The zero-order chi connectivity index (χ0) is 15.5. The van der Waals surface area contributed by atoms with E-state index in [9.17, 15) is 0 Å². The second kappa shape index (κ2) is 6.53. The van der Waals surface area contributed by atoms with Gasteiger partial charge >= 0.3 is 0 Å². The minimum Gasteiger partial charge on any atom is -0.356 e. The molecule has 0 aliphatic carbocycles. The lowest BCUT2D eigenvalue weighted by Gasteiger charge is -2.31. The van der Waals surface area contributed by atoms with E-state index in [4.69, 9.17) is 11.6 Å². The van der Waals surface area contributed by atoms with E-state index in [-0.39, 0.29) is 0 Å². The number of halogens is 1. The molecule has 5 heteroatoms. The number of nitrogens with zero attached hydrogens (tertiary/aromatic N) is 3. The van der Waals surface area contributed by atoms with Crippen molar-refractivity contribution in [2.75, 3.05) is 23.3 Å². The molecule has 1 aromatic carbocycles. The van der Waals surface area contributed by atoms with Crippen LogP contribution in [0.1, 0.15) is 25.3 Å². The number of hydrogen-bond acceptors (Lipinski definition) is 4. The maximum Gasteiger partial charge on any atom is 0.135 e. The monoisotopic (exact) mass is 316 g/mol. The average Bonchev–Trinajstić information content (AvgIpc) is 2.51. The summed E-state index contributed by atoms with van der Waals surface area (Å²) in [4.78, 5) is 11.1. The van der Waals surface area contributed by atoms with Crippen molar-refractivity contribution in [2.45, 2.75) is 26.7 Å². The summed E-state index contributed by atoms with van der Waals surface area (Å²) >= 11 is 6.17. The van der Waals surface area contributed by atoms with Gasteiger partial charge < -0.3 is 10.2 Å². The van der Waals surface area contributed by atoms with Gasteiger partial charge in [-0.3, -0.25) is 0 Å². The Balaban J connectivity index is 1.77. The molecule has 0 amide bonds. The summed E-state index contributed by atoms with van der Waals surface area (Å²) in [5.41, 5.74) is 2.00. The van der Waals surface area contributed by atoms with Crippen LogP contribution in [-0.4, -0.2) is 23.1 Å². The van der Waals surface area contributed by atoms with E-state index in [1.807, 2.05) is 31.2 Å². The van der Waals surface area contributed by atoms with Gasteiger partial charge in [0.2, 0.25) is 0 Å². The zero-order valence-electron chi connectivity index (χ0n) is 13.0. The molecule has 1 saturated heterocycles. The standard InChI is InChI=1S/C17H21ClN4/c1-12-4-3-7-22(10-12)17-9-16(19-11-20-17)21-14-6-5-13(2)15(18)8-14/h5-6,8-9,11-12H,3-4,7,10H2,1-2H3,(H,19,20,21). The van der Waals surface area contributed by atoms with Crippen molar-refractivity contribution in [2.24, 2.45) is 5.92 Å². The van der Waals surface area contributed by atoms with Crippen LogP contribution in [0.3, 0.4) is 0 Å². The lowest BCUT2D eigenvalue weighted by Crippen LogP contribution is -2.34. The Morgan fingerprint density at radius 1 is 1.27 bits per heavy atom. The van der Waals surface area contributed by atoms with Gasteiger partial charge in [0, 0.05) is 29.9 Å². The van der Waals surface area contributed by atoms with E-state index >= 15 is 0 Å². The first-order valence-electron chi connectivity index (χ1n) is 7.72. The van der Waals surface area contributed by atoms with Crippen LogP contribution in [0.4, 0.5) is 17.3 Å². The Morgan fingerprint density at radius 2 is 2.14 bits per heavy atom. The molecule has 0 radical (unpaired) electrons. The van der Waals surface area contributed by atoms with Crippen LogP contribution in [0.2, 0.25) is 5.02 Å². The molecule has 22 heavy (non-hydrogen) atoms. The predicted molar refractivity (Wildman–Crippen MR) is 92.1 cm³/mol. The van der Waals surface area contributed by atoms with E-state index in [2.05, 4.69) is 27.1 Å². The molecule has 1 aromatic heterocycles. The summed E-state index contributed by atoms with van der Waals surface area (Å²) in [5, 5.41) is 4.05. The molecule has 2 heterocycles. The highest BCUT2D eigenvalue weighted by atomic mass is 35.5. The first-order valence-corrected chi connectivity index (χ1v) is 8.10. The summed E-state index contributed by atoms with van der Waals surface area (Å²) in [7, 11) is 0. The molecule has 1 N–H and O–H groups in total. The normalized spacial score (nSPS) is 18.3. The van der Waals surface area contributed by atoms with E-state index in [1.54, 1.807) is 6.33 Å². The first kappa shape index (κ1) is 15.1. The highest BCUT2D eigenvalue weighted by Crippen LogP contribution is 2.25. The quantitative estimate of drug-likeness (QED) is 0.910. The number of aromatic nitrogens is 2. The van der Waals surface area contributed by atoms with Gasteiger partial charge in [0.25, 0.3) is 0 Å². The molecule has 2 aromatic rings. The number of piperidine rings is 1. The highest BCUT2D eigenvalue weighted by Gasteiger charge is 2.17. The van der Waals surface area contributed by atoms with E-state index in [0.29, 0.717) is 0 Å². The van der Waals surface area contributed by atoms with Crippen LogP contribution in [0, 0.1) is 12.8 Å². The molecule has 3 rings (SSSR count). The third-order valence-corrected chi connectivity index (χ3v) is 4.49. The van der Waals surface area contributed by atoms with Crippen molar-refractivity contribution in [1.29, 1.82) is 0 Å². The fourth-order valence-corrected chi connectivity index (χ4v) is 2.98. The van der Waals surface area contributed by atoms with Crippen LogP contribution in [0.5, 0.6) is 0 Å². The number of hydrogen-bond donors (Lipinski definition) is 1. The number of nitrogens with one attached hydrogen (secondary N) is 1. The minimum absolute atomic E-state index is 0.719. The van der Waals surface area contributed by atoms with Gasteiger partial charge in [-0.1, -0.05) is 24.6 Å². The van der Waals surface area contributed by atoms with Gasteiger partial charge in [0.05, 0.1) is 0 Å². The number of aryl methyl sites for hydroxylation is 1. The number of rotatable bonds is 3. The van der Waals surface area contributed by atoms with Crippen LogP contribution < -0.4 is 10.2 Å². The van der Waals surface area contributed by atoms with Crippen molar-refractivity contribution in [1.82, 2.24) is 9.97 Å². The summed E-state index contributed by atoms with van der Waals surface area (Å²) in [5.74, 6) is 2.50. The fraction of sp³-hybridized carbons (Fsp3) is 0.412. The minimum atomic E-state index is 0.719. The summed E-state index contributed by atoms with van der Waals surface area (Å²) < 4.78 is 0. The highest BCUT2D eigenvalue weighted by molar-refractivity contribution is 6.31. The summed E-state index contributed by atoms with van der Waals surface area (Å²) in [6, 6.07) is 7.93. The van der Waals surface area contributed by atoms with Crippen LogP contribution in [0.25, 0.3) is 0 Å². The number of anilines is 3. The molecule has 116 valence electrons. The van der Waals surface area contributed by atoms with Crippen LogP contribution >= 0.6 is 11.6 Å². The lowest BCUT2D eigenvalue weighted by molar-refractivity contribution is 0.444. The molecule has 1 fully saturated rings. The molecule has 4 nitrogen and oxygen atoms in total. The smallest absolute Gasteiger partial charge is 0.135 e. The van der Waals surface area contributed by atoms with Gasteiger partial charge in [-0.15, -0.1) is 0 Å². The second-order valence-electron chi connectivity index (χ2n) is 6.04. The van der Waals surface area contributed by atoms with Gasteiger partial charge in [-0.25, -0.2) is 9.97 Å². The average molecular weight is 317 g/mol. The third kappa shape index (κ3) is 3.50. The molecule has 0 spiro atoms. The van der Waals surface area contributed by atoms with Gasteiger partial charge in [0.15, 0.2) is 0 Å².